The highest BCUT2D eigenvalue weighted by molar-refractivity contribution is 8.16. The standard InChI is InChI=1S/C7H6ClN3O2S.ClH/c1-5-2-9-7-10-6(14(8,12)13)4-11(7)3-5;/h2-4H,1H3;1H. The van der Waals surface area contributed by atoms with Gasteiger partial charge < -0.3 is 12.4 Å². The van der Waals surface area contributed by atoms with E-state index in [0.717, 1.165) is 5.57 Å². The first-order valence-corrected chi connectivity index (χ1v) is 6.12. The maximum atomic E-state index is 11.0. The summed E-state index contributed by atoms with van der Waals surface area (Å²) in [7, 11) is 1.40. The van der Waals surface area contributed by atoms with Crippen molar-refractivity contribution in [3.05, 3.63) is 23.0 Å². The Morgan fingerprint density at radius 3 is 2.67 bits per heavy atom. The van der Waals surface area contributed by atoms with Crippen molar-refractivity contribution in [1.82, 2.24) is 0 Å². The molecule has 5 nitrogen and oxygen atoms in total. The highest BCUT2D eigenvalue weighted by Gasteiger charge is 2.30. The summed E-state index contributed by atoms with van der Waals surface area (Å²) in [6.45, 7) is 1.87. The topological polar surface area (TPSA) is 63.3 Å². The van der Waals surface area contributed by atoms with Gasteiger partial charge in [0.25, 0.3) is 9.05 Å². The zero-order chi connectivity index (χ0) is 10.3. The second-order valence-corrected chi connectivity index (χ2v) is 5.47. The number of quaternary nitrogens is 1. The number of hydrogen-bond acceptors (Lipinski definition) is 4. The van der Waals surface area contributed by atoms with Gasteiger partial charge >= 0.3 is 5.96 Å². The molecule has 15 heavy (non-hydrogen) atoms. The van der Waals surface area contributed by atoms with E-state index in [2.05, 4.69) is 9.98 Å². The molecule has 0 aromatic heterocycles. The van der Waals surface area contributed by atoms with Gasteiger partial charge in [0, 0.05) is 22.5 Å². The van der Waals surface area contributed by atoms with Crippen LogP contribution in [0.3, 0.4) is 0 Å². The molecule has 1 atom stereocenters. The van der Waals surface area contributed by atoms with Gasteiger partial charge in [0.1, 0.15) is 12.4 Å². The third-order valence-electron chi connectivity index (χ3n) is 1.78. The number of nitrogens with zero attached hydrogens (tertiary/aromatic N) is 2. The van der Waals surface area contributed by atoms with Gasteiger partial charge in [-0.25, -0.2) is 13.3 Å². The van der Waals surface area contributed by atoms with Gasteiger partial charge in [-0.1, -0.05) is 0 Å². The van der Waals surface area contributed by atoms with Crippen LogP contribution in [0.2, 0.25) is 0 Å². The fourth-order valence-electron chi connectivity index (χ4n) is 1.18. The van der Waals surface area contributed by atoms with Crippen LogP contribution in [-0.4, -0.2) is 20.6 Å². The molecule has 8 heteroatoms. The van der Waals surface area contributed by atoms with E-state index in [1.165, 1.54) is 6.20 Å². The molecule has 0 amide bonds. The molecule has 0 aromatic carbocycles. The molecule has 0 aliphatic carbocycles. The van der Waals surface area contributed by atoms with Crippen molar-refractivity contribution >= 4 is 31.9 Å². The lowest BCUT2D eigenvalue weighted by Crippen LogP contribution is -3.05. The molecular weight excluding hydrogens is 261 g/mol. The Bertz CT molecular complexity index is 504. The Hall–Kier alpha value is -0.690. The van der Waals surface area contributed by atoms with Gasteiger partial charge in [0.2, 0.25) is 5.03 Å². The van der Waals surface area contributed by atoms with Crippen molar-refractivity contribution in [1.29, 1.82) is 0 Å². The predicted octanol–water partition coefficient (Wildman–Crippen LogP) is -3.40. The molecule has 0 saturated heterocycles. The zero-order valence-electron chi connectivity index (χ0n) is 7.61. The molecule has 0 fully saturated rings. The molecular formula is C7H7Cl2N3O2S. The van der Waals surface area contributed by atoms with Gasteiger partial charge in [-0.15, -0.1) is 0 Å². The second kappa shape index (κ2) is 4.05. The van der Waals surface area contributed by atoms with Crippen LogP contribution >= 0.6 is 10.7 Å². The normalized spacial score (nSPS) is 23.6. The van der Waals surface area contributed by atoms with Crippen molar-refractivity contribution in [2.24, 2.45) is 9.98 Å². The average molecular weight is 268 g/mol. The summed E-state index contributed by atoms with van der Waals surface area (Å²) >= 11 is 0. The minimum Gasteiger partial charge on any atom is -1.00 e. The first-order chi connectivity index (χ1) is 6.47. The molecule has 82 valence electrons. The van der Waals surface area contributed by atoms with Gasteiger partial charge in [-0.2, -0.15) is 9.98 Å². The second-order valence-electron chi connectivity index (χ2n) is 2.96. The van der Waals surface area contributed by atoms with Gasteiger partial charge in [-0.05, 0) is 6.92 Å². The quantitative estimate of drug-likeness (QED) is 0.504. The van der Waals surface area contributed by atoms with E-state index < -0.39 is 9.05 Å². The summed E-state index contributed by atoms with van der Waals surface area (Å²) in [6.07, 6.45) is 4.85. The van der Waals surface area contributed by atoms with Gasteiger partial charge in [0.05, 0.1) is 0 Å². The Morgan fingerprint density at radius 2 is 2.07 bits per heavy atom. The number of aliphatic imine (C=N–C) groups is 2. The summed E-state index contributed by atoms with van der Waals surface area (Å²) in [5, 5.41) is -0.146. The lowest BCUT2D eigenvalue weighted by atomic mass is 10.3. The van der Waals surface area contributed by atoms with E-state index in [0.29, 0.717) is 10.9 Å². The maximum Gasteiger partial charge on any atom is 0.338 e. The van der Waals surface area contributed by atoms with Crippen molar-refractivity contribution in [2.75, 3.05) is 0 Å². The number of nitrogens with one attached hydrogen (secondary N) is 1. The first-order valence-electron chi connectivity index (χ1n) is 3.81. The van der Waals surface area contributed by atoms with Crippen LogP contribution in [0.25, 0.3) is 0 Å². The van der Waals surface area contributed by atoms with E-state index in [-0.39, 0.29) is 17.4 Å². The maximum absolute atomic E-state index is 11.0. The predicted molar refractivity (Wildman–Crippen MR) is 53.5 cm³/mol. The summed E-state index contributed by atoms with van der Waals surface area (Å²) in [4.78, 5) is 8.46. The van der Waals surface area contributed by atoms with E-state index in [1.807, 2.05) is 6.92 Å². The molecule has 0 radical (unpaired) electrons. The van der Waals surface area contributed by atoms with Gasteiger partial charge in [-0.3, -0.25) is 0 Å². The SMILES string of the molecule is CC1=C[NH+]2C=C(S(=O)(=O)Cl)N=C2N=C1.[Cl-]. The lowest BCUT2D eigenvalue weighted by molar-refractivity contribution is -0.682. The summed E-state index contributed by atoms with van der Waals surface area (Å²) < 4.78 is 21.9. The van der Waals surface area contributed by atoms with Crippen LogP contribution in [0.1, 0.15) is 6.92 Å². The molecule has 0 aromatic rings. The number of hydrogen-bond donors (Lipinski definition) is 1. The van der Waals surface area contributed by atoms with Crippen LogP contribution in [0.4, 0.5) is 0 Å². The van der Waals surface area contributed by atoms with E-state index in [9.17, 15) is 8.42 Å². The van der Waals surface area contributed by atoms with E-state index in [1.54, 1.807) is 12.4 Å². The summed E-state index contributed by atoms with van der Waals surface area (Å²) in [5.41, 5.74) is 0.948. The Morgan fingerprint density at radius 1 is 1.40 bits per heavy atom. The molecule has 2 aliphatic rings. The molecule has 1 unspecified atom stereocenters. The minimum atomic E-state index is -3.76. The van der Waals surface area contributed by atoms with Crippen LogP contribution in [0, 0.1) is 0 Å². The third-order valence-corrected chi connectivity index (χ3v) is 2.96. The number of allylic oxidation sites excluding steroid dienone is 1. The number of guanidine groups is 1. The Labute approximate surface area is 97.7 Å². The smallest absolute Gasteiger partial charge is 0.338 e. The molecule has 0 saturated carbocycles. The summed E-state index contributed by atoms with van der Waals surface area (Å²) in [5.74, 6) is 0.398. The van der Waals surface area contributed by atoms with Crippen molar-refractivity contribution in [3.63, 3.8) is 0 Å². The highest BCUT2D eigenvalue weighted by Crippen LogP contribution is 2.14. The third kappa shape index (κ3) is 2.46. The van der Waals surface area contributed by atoms with Crippen LogP contribution < -0.4 is 17.3 Å². The minimum absolute atomic E-state index is 0. The fourth-order valence-corrected chi connectivity index (χ4v) is 1.88. The molecule has 0 bridgehead atoms. The number of halogens is 2. The summed E-state index contributed by atoms with van der Waals surface area (Å²) in [6, 6.07) is 0. The van der Waals surface area contributed by atoms with Crippen LogP contribution in [0.5, 0.6) is 0 Å². The van der Waals surface area contributed by atoms with Crippen molar-refractivity contribution in [2.45, 2.75) is 6.92 Å². The number of fused-ring (bicyclic) bond motifs is 1. The van der Waals surface area contributed by atoms with E-state index in [4.69, 9.17) is 10.7 Å². The molecule has 2 aliphatic heterocycles. The Balaban J connectivity index is 0.00000112. The molecule has 2 heterocycles. The lowest BCUT2D eigenvalue weighted by Gasteiger charge is -2.06. The van der Waals surface area contributed by atoms with E-state index >= 15 is 0 Å². The average Bonchev–Trinajstić information content (AvgIpc) is 2.45. The monoisotopic (exact) mass is 267 g/mol. The number of rotatable bonds is 1. The largest absolute Gasteiger partial charge is 1.00 e. The zero-order valence-corrected chi connectivity index (χ0v) is 9.94. The molecule has 0 spiro atoms. The fraction of sp³-hybridized carbons (Fsp3) is 0.143. The van der Waals surface area contributed by atoms with Crippen molar-refractivity contribution < 1.29 is 25.7 Å². The Kier molecular flexibility index (Phi) is 3.34. The molecule has 1 N–H and O–H groups in total. The first kappa shape index (κ1) is 12.4. The van der Waals surface area contributed by atoms with Crippen LogP contribution in [-0.2, 0) is 9.05 Å². The molecule has 2 rings (SSSR count). The van der Waals surface area contributed by atoms with Gasteiger partial charge in [0.15, 0.2) is 0 Å². The van der Waals surface area contributed by atoms with Crippen LogP contribution in [0.15, 0.2) is 33.0 Å². The highest BCUT2D eigenvalue weighted by atomic mass is 35.7. The van der Waals surface area contributed by atoms with Crippen molar-refractivity contribution in [3.8, 4) is 0 Å².